The van der Waals surface area contributed by atoms with Gasteiger partial charge in [-0.05, 0) is 25.1 Å². The number of ether oxygens (including phenoxy) is 1. The van der Waals surface area contributed by atoms with Gasteiger partial charge in [-0.3, -0.25) is 0 Å². The highest BCUT2D eigenvalue weighted by atomic mass is 79.9. The standard InChI is InChI=1S/C11H8BrFN2O3/c1-6-14-10(18-15-6)5-17-11(16)8-3-2-7(12)4-9(8)13/h2-4H,5H2,1H3. The summed E-state index contributed by atoms with van der Waals surface area (Å²) in [6.45, 7) is 1.46. The molecule has 0 spiro atoms. The molecule has 0 saturated carbocycles. The molecular formula is C11H8BrFN2O3. The van der Waals surface area contributed by atoms with Gasteiger partial charge >= 0.3 is 5.97 Å². The summed E-state index contributed by atoms with van der Waals surface area (Å²) in [5.41, 5.74) is -0.144. The van der Waals surface area contributed by atoms with Crippen LogP contribution in [0.2, 0.25) is 0 Å². The Morgan fingerprint density at radius 3 is 2.94 bits per heavy atom. The van der Waals surface area contributed by atoms with Crippen LogP contribution in [0.15, 0.2) is 27.2 Å². The molecule has 7 heteroatoms. The lowest BCUT2D eigenvalue weighted by Crippen LogP contribution is -2.07. The van der Waals surface area contributed by atoms with Gasteiger partial charge in [-0.1, -0.05) is 21.1 Å². The fourth-order valence-electron chi connectivity index (χ4n) is 1.26. The molecule has 0 aliphatic rings. The maximum absolute atomic E-state index is 13.4. The molecule has 5 nitrogen and oxygen atoms in total. The Balaban J connectivity index is 2.03. The second kappa shape index (κ2) is 5.26. The number of hydrogen-bond donors (Lipinski definition) is 0. The van der Waals surface area contributed by atoms with E-state index in [4.69, 9.17) is 9.26 Å². The fourth-order valence-corrected chi connectivity index (χ4v) is 1.59. The molecule has 18 heavy (non-hydrogen) atoms. The fraction of sp³-hybridized carbons (Fsp3) is 0.182. The van der Waals surface area contributed by atoms with Crippen LogP contribution in [0.4, 0.5) is 4.39 Å². The Labute approximate surface area is 110 Å². The highest BCUT2D eigenvalue weighted by Crippen LogP contribution is 2.16. The summed E-state index contributed by atoms with van der Waals surface area (Å²) in [5, 5.41) is 3.54. The van der Waals surface area contributed by atoms with Gasteiger partial charge < -0.3 is 9.26 Å². The SMILES string of the molecule is Cc1noc(COC(=O)c2ccc(Br)cc2F)n1. The van der Waals surface area contributed by atoms with Crippen LogP contribution in [0.25, 0.3) is 0 Å². The zero-order chi connectivity index (χ0) is 13.1. The summed E-state index contributed by atoms with van der Waals surface area (Å²) in [6.07, 6.45) is 0. The van der Waals surface area contributed by atoms with Crippen LogP contribution < -0.4 is 0 Å². The highest BCUT2D eigenvalue weighted by molar-refractivity contribution is 9.10. The van der Waals surface area contributed by atoms with Crippen molar-refractivity contribution in [2.45, 2.75) is 13.5 Å². The van der Waals surface area contributed by atoms with E-state index >= 15 is 0 Å². The first-order valence-corrected chi connectivity index (χ1v) is 5.77. The predicted octanol–water partition coefficient (Wildman–Crippen LogP) is 2.64. The van der Waals surface area contributed by atoms with Gasteiger partial charge in [-0.2, -0.15) is 4.98 Å². The van der Waals surface area contributed by atoms with E-state index in [1.807, 2.05) is 0 Å². The van der Waals surface area contributed by atoms with Gasteiger partial charge in [0, 0.05) is 4.47 Å². The van der Waals surface area contributed by atoms with Crippen LogP contribution in [0.3, 0.4) is 0 Å². The maximum Gasteiger partial charge on any atom is 0.341 e. The van der Waals surface area contributed by atoms with E-state index in [0.717, 1.165) is 0 Å². The largest absolute Gasteiger partial charge is 0.452 e. The van der Waals surface area contributed by atoms with E-state index < -0.39 is 11.8 Å². The molecule has 0 saturated heterocycles. The van der Waals surface area contributed by atoms with Gasteiger partial charge in [-0.25, -0.2) is 9.18 Å². The number of nitrogens with zero attached hydrogens (tertiary/aromatic N) is 2. The first-order valence-electron chi connectivity index (χ1n) is 4.97. The number of carbonyl (C=O) groups excluding carboxylic acids is 1. The second-order valence-corrected chi connectivity index (χ2v) is 4.35. The van der Waals surface area contributed by atoms with Crippen molar-refractivity contribution in [1.29, 1.82) is 0 Å². The molecular weight excluding hydrogens is 307 g/mol. The van der Waals surface area contributed by atoms with Crippen molar-refractivity contribution in [3.05, 3.63) is 45.8 Å². The van der Waals surface area contributed by atoms with E-state index in [-0.39, 0.29) is 18.1 Å². The zero-order valence-electron chi connectivity index (χ0n) is 9.31. The van der Waals surface area contributed by atoms with E-state index in [0.29, 0.717) is 10.3 Å². The molecule has 0 atom stereocenters. The molecule has 0 aliphatic heterocycles. The molecule has 0 aliphatic carbocycles. The van der Waals surface area contributed by atoms with Gasteiger partial charge in [0.1, 0.15) is 5.82 Å². The van der Waals surface area contributed by atoms with E-state index in [9.17, 15) is 9.18 Å². The van der Waals surface area contributed by atoms with Crippen LogP contribution in [0, 0.1) is 12.7 Å². The minimum Gasteiger partial charge on any atom is -0.452 e. The summed E-state index contributed by atoms with van der Waals surface area (Å²) in [5.74, 6) is -0.832. The average molecular weight is 315 g/mol. The first kappa shape index (κ1) is 12.7. The number of carbonyl (C=O) groups is 1. The van der Waals surface area contributed by atoms with Crippen LogP contribution in [-0.4, -0.2) is 16.1 Å². The Morgan fingerprint density at radius 2 is 2.33 bits per heavy atom. The molecule has 94 valence electrons. The lowest BCUT2D eigenvalue weighted by atomic mass is 10.2. The van der Waals surface area contributed by atoms with Crippen molar-refractivity contribution in [3.63, 3.8) is 0 Å². The topological polar surface area (TPSA) is 65.2 Å². The van der Waals surface area contributed by atoms with Crippen molar-refractivity contribution in [2.24, 2.45) is 0 Å². The summed E-state index contributed by atoms with van der Waals surface area (Å²) < 4.78 is 23.6. The molecule has 0 bridgehead atoms. The lowest BCUT2D eigenvalue weighted by Gasteiger charge is -2.03. The van der Waals surface area contributed by atoms with Gasteiger partial charge in [0.25, 0.3) is 5.89 Å². The van der Waals surface area contributed by atoms with Crippen LogP contribution >= 0.6 is 15.9 Å². The summed E-state index contributed by atoms with van der Waals surface area (Å²) in [4.78, 5) is 15.4. The number of halogens is 2. The molecule has 1 aromatic carbocycles. The summed E-state index contributed by atoms with van der Waals surface area (Å²) in [6, 6.07) is 4.07. The molecule has 1 aromatic heterocycles. The predicted molar refractivity (Wildman–Crippen MR) is 62.3 cm³/mol. The van der Waals surface area contributed by atoms with Gasteiger partial charge in [-0.15, -0.1) is 0 Å². The maximum atomic E-state index is 13.4. The molecule has 0 amide bonds. The van der Waals surface area contributed by atoms with Crippen molar-refractivity contribution < 1.29 is 18.4 Å². The molecule has 0 fully saturated rings. The molecule has 0 unspecified atom stereocenters. The Hall–Kier alpha value is -1.76. The minimum atomic E-state index is -0.782. The summed E-state index contributed by atoms with van der Waals surface area (Å²) >= 11 is 3.10. The average Bonchev–Trinajstić information content (AvgIpc) is 2.72. The zero-order valence-corrected chi connectivity index (χ0v) is 10.9. The van der Waals surface area contributed by atoms with Crippen molar-refractivity contribution >= 4 is 21.9 Å². The lowest BCUT2D eigenvalue weighted by molar-refractivity contribution is 0.0424. The number of benzene rings is 1. The van der Waals surface area contributed by atoms with Crippen molar-refractivity contribution in [2.75, 3.05) is 0 Å². The van der Waals surface area contributed by atoms with Crippen molar-refractivity contribution in [3.8, 4) is 0 Å². The van der Waals surface area contributed by atoms with Crippen LogP contribution in [0.5, 0.6) is 0 Å². The Morgan fingerprint density at radius 1 is 1.56 bits per heavy atom. The van der Waals surface area contributed by atoms with Crippen molar-refractivity contribution in [1.82, 2.24) is 10.1 Å². The number of esters is 1. The van der Waals surface area contributed by atoms with Gasteiger partial charge in [0.05, 0.1) is 5.56 Å². The molecule has 2 aromatic rings. The van der Waals surface area contributed by atoms with Crippen LogP contribution in [0.1, 0.15) is 22.1 Å². The first-order chi connectivity index (χ1) is 8.56. The molecule has 1 heterocycles. The molecule has 0 radical (unpaired) electrons. The van der Waals surface area contributed by atoms with E-state index in [2.05, 4.69) is 26.1 Å². The summed E-state index contributed by atoms with van der Waals surface area (Å²) in [7, 11) is 0. The van der Waals surface area contributed by atoms with Gasteiger partial charge in [0.15, 0.2) is 12.4 Å². The quantitative estimate of drug-likeness (QED) is 0.815. The smallest absolute Gasteiger partial charge is 0.341 e. The Bertz CT molecular complexity index is 585. The van der Waals surface area contributed by atoms with Crippen LogP contribution in [-0.2, 0) is 11.3 Å². The normalized spacial score (nSPS) is 10.4. The molecule has 0 N–H and O–H groups in total. The Kier molecular flexibility index (Phi) is 3.71. The second-order valence-electron chi connectivity index (χ2n) is 3.44. The monoisotopic (exact) mass is 314 g/mol. The number of aryl methyl sites for hydroxylation is 1. The third-order valence-corrected chi connectivity index (χ3v) is 2.54. The molecule has 2 rings (SSSR count). The minimum absolute atomic E-state index is 0.144. The third kappa shape index (κ3) is 2.92. The van der Waals surface area contributed by atoms with E-state index in [1.165, 1.54) is 12.1 Å². The number of aromatic nitrogens is 2. The number of rotatable bonds is 3. The van der Waals surface area contributed by atoms with E-state index in [1.54, 1.807) is 13.0 Å². The third-order valence-electron chi connectivity index (χ3n) is 2.05. The van der Waals surface area contributed by atoms with Gasteiger partial charge in [0.2, 0.25) is 0 Å². The highest BCUT2D eigenvalue weighted by Gasteiger charge is 2.14. The number of hydrogen-bond acceptors (Lipinski definition) is 5.